The summed E-state index contributed by atoms with van der Waals surface area (Å²) < 4.78 is 0.966. The lowest BCUT2D eigenvalue weighted by atomic mass is 9.79. The molecule has 0 spiro atoms. The van der Waals surface area contributed by atoms with Gasteiger partial charge in [-0.1, -0.05) is 71.2 Å². The van der Waals surface area contributed by atoms with Crippen LogP contribution in [0.3, 0.4) is 0 Å². The van der Waals surface area contributed by atoms with E-state index >= 15 is 0 Å². The highest BCUT2D eigenvalue weighted by Crippen LogP contribution is 2.40. The van der Waals surface area contributed by atoms with Gasteiger partial charge in [-0.05, 0) is 36.1 Å². The highest BCUT2D eigenvalue weighted by molar-refractivity contribution is 9.10. The third kappa shape index (κ3) is 5.22. The van der Waals surface area contributed by atoms with Crippen LogP contribution in [-0.2, 0) is 15.0 Å². The molecule has 0 radical (unpaired) electrons. The van der Waals surface area contributed by atoms with E-state index in [9.17, 15) is 9.59 Å². The Bertz CT molecular complexity index is 799. The van der Waals surface area contributed by atoms with Gasteiger partial charge in [0.15, 0.2) is 0 Å². The van der Waals surface area contributed by atoms with Crippen LogP contribution in [0.15, 0.2) is 59.1 Å². The second-order valence-electron chi connectivity index (χ2n) is 7.64. The summed E-state index contributed by atoms with van der Waals surface area (Å²) in [5.41, 5.74) is 2.25. The predicted octanol–water partition coefficient (Wildman–Crippen LogP) is 4.64. The lowest BCUT2D eigenvalue weighted by Crippen LogP contribution is -2.40. The first-order chi connectivity index (χ1) is 13.5. The number of halogens is 1. The van der Waals surface area contributed by atoms with Crippen molar-refractivity contribution in [2.75, 3.05) is 6.54 Å². The minimum atomic E-state index is -0.332. The van der Waals surface area contributed by atoms with Crippen molar-refractivity contribution in [3.63, 3.8) is 0 Å². The second-order valence-corrected chi connectivity index (χ2v) is 8.55. The standard InChI is InChI=1S/C23H27BrN2O2/c1-17(27)26-21(18-9-11-20(24)12-10-18)15-22(28)25-16-23(13-5-6-14-23)19-7-3-2-4-8-19/h2-4,7-12,21H,5-6,13-16H2,1H3,(H,25,28)(H,26,27). The Hall–Kier alpha value is -2.14. The maximum atomic E-state index is 12.7. The first-order valence-electron chi connectivity index (χ1n) is 9.83. The number of hydrogen-bond donors (Lipinski definition) is 2. The van der Waals surface area contributed by atoms with E-state index in [2.05, 4.69) is 50.8 Å². The van der Waals surface area contributed by atoms with Crippen LogP contribution in [0.25, 0.3) is 0 Å². The molecule has 5 heteroatoms. The number of hydrogen-bond acceptors (Lipinski definition) is 2. The Kier molecular flexibility index (Phi) is 6.89. The quantitative estimate of drug-likeness (QED) is 0.655. The van der Waals surface area contributed by atoms with Gasteiger partial charge in [-0.3, -0.25) is 9.59 Å². The highest BCUT2D eigenvalue weighted by Gasteiger charge is 2.35. The highest BCUT2D eigenvalue weighted by atomic mass is 79.9. The second kappa shape index (κ2) is 9.37. The monoisotopic (exact) mass is 442 g/mol. The predicted molar refractivity (Wildman–Crippen MR) is 115 cm³/mol. The molecule has 0 heterocycles. The zero-order valence-corrected chi connectivity index (χ0v) is 17.8. The van der Waals surface area contributed by atoms with Crippen LogP contribution >= 0.6 is 15.9 Å². The fourth-order valence-corrected chi connectivity index (χ4v) is 4.39. The van der Waals surface area contributed by atoms with E-state index in [1.165, 1.54) is 25.3 Å². The number of carbonyl (C=O) groups excluding carboxylic acids is 2. The minimum Gasteiger partial charge on any atom is -0.355 e. The van der Waals surface area contributed by atoms with Gasteiger partial charge < -0.3 is 10.6 Å². The third-order valence-corrected chi connectivity index (χ3v) is 6.14. The van der Waals surface area contributed by atoms with Gasteiger partial charge in [0.05, 0.1) is 12.5 Å². The Morgan fingerprint density at radius 3 is 2.29 bits per heavy atom. The fraction of sp³-hybridized carbons (Fsp3) is 0.391. The molecule has 2 aromatic rings. The molecule has 0 saturated heterocycles. The number of rotatable bonds is 7. The van der Waals surface area contributed by atoms with E-state index in [1.807, 2.05) is 30.3 Å². The fourth-order valence-electron chi connectivity index (χ4n) is 4.13. The van der Waals surface area contributed by atoms with E-state index in [1.54, 1.807) is 0 Å². The molecule has 1 aliphatic rings. The van der Waals surface area contributed by atoms with Crippen LogP contribution in [0, 0.1) is 0 Å². The van der Waals surface area contributed by atoms with Crippen molar-refractivity contribution in [1.82, 2.24) is 10.6 Å². The molecule has 4 nitrogen and oxygen atoms in total. The molecule has 2 aromatic carbocycles. The summed E-state index contributed by atoms with van der Waals surface area (Å²) in [5.74, 6) is -0.179. The van der Waals surface area contributed by atoms with Crippen molar-refractivity contribution >= 4 is 27.7 Å². The average Bonchev–Trinajstić information content (AvgIpc) is 3.17. The molecule has 1 saturated carbocycles. The number of carbonyl (C=O) groups is 2. The summed E-state index contributed by atoms with van der Waals surface area (Å²) in [6, 6.07) is 17.9. The molecule has 2 amide bonds. The maximum Gasteiger partial charge on any atom is 0.222 e. The Labute approximate surface area is 175 Å². The van der Waals surface area contributed by atoms with E-state index < -0.39 is 0 Å². The molecule has 1 unspecified atom stereocenters. The van der Waals surface area contributed by atoms with Gasteiger partial charge in [-0.2, -0.15) is 0 Å². The molecule has 0 bridgehead atoms. The molecular formula is C23H27BrN2O2. The molecule has 3 rings (SSSR count). The number of amides is 2. The summed E-state index contributed by atoms with van der Waals surface area (Å²) in [6.07, 6.45) is 4.81. The van der Waals surface area contributed by atoms with E-state index in [-0.39, 0.29) is 29.7 Å². The van der Waals surface area contributed by atoms with Gasteiger partial charge in [-0.25, -0.2) is 0 Å². The Balaban J connectivity index is 1.67. The van der Waals surface area contributed by atoms with Gasteiger partial charge in [0.2, 0.25) is 11.8 Å². The van der Waals surface area contributed by atoms with Crippen LogP contribution in [0.2, 0.25) is 0 Å². The number of nitrogens with one attached hydrogen (secondary N) is 2. The minimum absolute atomic E-state index is 0.0258. The van der Waals surface area contributed by atoms with Crippen molar-refractivity contribution in [2.24, 2.45) is 0 Å². The first kappa shape index (κ1) is 20.6. The summed E-state index contributed by atoms with van der Waals surface area (Å²) in [6.45, 7) is 2.12. The van der Waals surface area contributed by atoms with Crippen LogP contribution in [0.1, 0.15) is 56.2 Å². The van der Waals surface area contributed by atoms with Gasteiger partial charge in [0.25, 0.3) is 0 Å². The van der Waals surface area contributed by atoms with Crippen molar-refractivity contribution < 1.29 is 9.59 Å². The summed E-state index contributed by atoms with van der Waals surface area (Å²) in [4.78, 5) is 24.4. The van der Waals surface area contributed by atoms with Crippen molar-refractivity contribution in [3.05, 3.63) is 70.2 Å². The molecule has 148 valence electrons. The SMILES string of the molecule is CC(=O)NC(CC(=O)NCC1(c2ccccc2)CCCC1)c1ccc(Br)cc1. The van der Waals surface area contributed by atoms with Crippen LogP contribution in [0.4, 0.5) is 0 Å². The zero-order valence-electron chi connectivity index (χ0n) is 16.2. The van der Waals surface area contributed by atoms with Crippen molar-refractivity contribution in [3.8, 4) is 0 Å². The van der Waals surface area contributed by atoms with Gasteiger partial charge >= 0.3 is 0 Å². The van der Waals surface area contributed by atoms with Crippen LogP contribution < -0.4 is 10.6 Å². The smallest absolute Gasteiger partial charge is 0.222 e. The molecule has 0 aromatic heterocycles. The maximum absolute atomic E-state index is 12.7. The lowest BCUT2D eigenvalue weighted by Gasteiger charge is -2.30. The molecule has 1 aliphatic carbocycles. The topological polar surface area (TPSA) is 58.2 Å². The molecular weight excluding hydrogens is 416 g/mol. The third-order valence-electron chi connectivity index (χ3n) is 5.61. The average molecular weight is 443 g/mol. The molecule has 1 atom stereocenters. The first-order valence-corrected chi connectivity index (χ1v) is 10.6. The van der Waals surface area contributed by atoms with Crippen molar-refractivity contribution in [2.45, 2.75) is 50.5 Å². The lowest BCUT2D eigenvalue weighted by molar-refractivity contribution is -0.123. The van der Waals surface area contributed by atoms with E-state index in [0.717, 1.165) is 22.9 Å². The van der Waals surface area contributed by atoms with E-state index in [4.69, 9.17) is 0 Å². The largest absolute Gasteiger partial charge is 0.355 e. The Morgan fingerprint density at radius 1 is 1.04 bits per heavy atom. The zero-order chi connectivity index (χ0) is 20.0. The van der Waals surface area contributed by atoms with Gasteiger partial charge in [-0.15, -0.1) is 0 Å². The summed E-state index contributed by atoms with van der Waals surface area (Å²) in [7, 11) is 0. The van der Waals surface area contributed by atoms with Crippen LogP contribution in [0.5, 0.6) is 0 Å². The molecule has 28 heavy (non-hydrogen) atoms. The van der Waals surface area contributed by atoms with Crippen LogP contribution in [-0.4, -0.2) is 18.4 Å². The number of benzene rings is 2. The molecule has 1 fully saturated rings. The molecule has 0 aliphatic heterocycles. The van der Waals surface area contributed by atoms with E-state index in [0.29, 0.717) is 6.54 Å². The summed E-state index contributed by atoms with van der Waals surface area (Å²) in [5, 5.41) is 6.05. The van der Waals surface area contributed by atoms with Crippen molar-refractivity contribution in [1.29, 1.82) is 0 Å². The normalized spacial score (nSPS) is 16.4. The summed E-state index contributed by atoms with van der Waals surface area (Å²) >= 11 is 3.42. The van der Waals surface area contributed by atoms with Gasteiger partial charge in [0.1, 0.15) is 0 Å². The van der Waals surface area contributed by atoms with Gasteiger partial charge in [0, 0.05) is 23.4 Å². The Morgan fingerprint density at radius 2 is 1.68 bits per heavy atom. The molecule has 2 N–H and O–H groups in total.